The highest BCUT2D eigenvalue weighted by Gasteiger charge is 2.61. The van der Waals surface area contributed by atoms with Gasteiger partial charge >= 0.3 is 0 Å². The molecule has 4 saturated carbocycles. The maximum absolute atomic E-state index is 4.59. The standard InChI is InChI=1S/C53H45N2S2/c1-57(2)43-19-16-41(17-20-43)55(40-14-10-35(11-15-40)50-9-5-6-24-54-50)42-18-22-46-45-21-12-37(31-51(45)56-52(46)32-42)36-13-23-49-47(30-36)44-7-3-4-8-48(44)53(49)38-26-33-25-34(28-38)29-39(53)27-33/h3-24,30-34,38-39H,25-29H2,1-2H3/q+1. The van der Waals surface area contributed by atoms with E-state index in [1.807, 2.05) is 29.7 Å². The summed E-state index contributed by atoms with van der Waals surface area (Å²) in [5.74, 6) is 3.51. The van der Waals surface area contributed by atoms with E-state index in [0.29, 0.717) is 0 Å². The van der Waals surface area contributed by atoms with E-state index in [1.54, 1.807) is 11.1 Å². The van der Waals surface area contributed by atoms with Crippen molar-refractivity contribution in [3.05, 3.63) is 163 Å². The van der Waals surface area contributed by atoms with Gasteiger partial charge in [-0.25, -0.2) is 0 Å². The molecule has 4 fully saturated rings. The van der Waals surface area contributed by atoms with Gasteiger partial charge < -0.3 is 4.90 Å². The quantitative estimate of drug-likeness (QED) is 0.156. The molecule has 0 atom stereocenters. The topological polar surface area (TPSA) is 16.1 Å². The van der Waals surface area contributed by atoms with Crippen molar-refractivity contribution in [1.29, 1.82) is 0 Å². The molecule has 57 heavy (non-hydrogen) atoms. The van der Waals surface area contributed by atoms with Crippen molar-refractivity contribution in [3.8, 4) is 33.5 Å². The average molecular weight is 774 g/mol. The van der Waals surface area contributed by atoms with Crippen molar-refractivity contribution in [3.63, 3.8) is 0 Å². The van der Waals surface area contributed by atoms with Gasteiger partial charge in [-0.15, -0.1) is 11.3 Å². The number of rotatable bonds is 6. The number of hydrogen-bond acceptors (Lipinski definition) is 3. The highest BCUT2D eigenvalue weighted by molar-refractivity contribution is 7.95. The van der Waals surface area contributed by atoms with Crippen molar-refractivity contribution in [2.45, 2.75) is 42.4 Å². The summed E-state index contributed by atoms with van der Waals surface area (Å²) in [6.07, 6.45) is 13.6. The highest BCUT2D eigenvalue weighted by atomic mass is 32.2. The summed E-state index contributed by atoms with van der Waals surface area (Å²) in [5, 5.41) is 2.65. The number of nitrogens with zero attached hydrogens (tertiary/aromatic N) is 2. The van der Waals surface area contributed by atoms with Crippen LogP contribution in [-0.2, 0) is 16.3 Å². The van der Waals surface area contributed by atoms with Crippen LogP contribution in [0.25, 0.3) is 53.7 Å². The van der Waals surface area contributed by atoms with E-state index in [0.717, 1.165) is 52.0 Å². The summed E-state index contributed by atoms with van der Waals surface area (Å²) in [7, 11) is 0.205. The third-order valence-electron chi connectivity index (χ3n) is 14.3. The van der Waals surface area contributed by atoms with Crippen LogP contribution in [0.4, 0.5) is 17.1 Å². The Labute approximate surface area is 342 Å². The van der Waals surface area contributed by atoms with Crippen molar-refractivity contribution in [2.24, 2.45) is 23.7 Å². The lowest BCUT2D eigenvalue weighted by atomic mass is 9.43. The van der Waals surface area contributed by atoms with Gasteiger partial charge in [0, 0.05) is 65.3 Å². The van der Waals surface area contributed by atoms with Crippen LogP contribution in [0.2, 0.25) is 0 Å². The fourth-order valence-electron chi connectivity index (χ4n) is 12.1. The fourth-order valence-corrected chi connectivity index (χ4v) is 13.9. The molecule has 278 valence electrons. The molecule has 2 aromatic heterocycles. The van der Waals surface area contributed by atoms with Gasteiger partial charge in [-0.3, -0.25) is 4.98 Å². The second-order valence-corrected chi connectivity index (χ2v) is 20.6. The molecule has 1 spiro atoms. The third kappa shape index (κ3) is 5.19. The van der Waals surface area contributed by atoms with Crippen LogP contribution in [-0.4, -0.2) is 17.5 Å². The first kappa shape index (κ1) is 33.9. The maximum Gasteiger partial charge on any atom is 0.154 e. The Morgan fingerprint density at radius 2 is 1.14 bits per heavy atom. The van der Waals surface area contributed by atoms with Gasteiger partial charge in [0.15, 0.2) is 4.90 Å². The molecule has 5 aliphatic carbocycles. The van der Waals surface area contributed by atoms with Gasteiger partial charge in [-0.1, -0.05) is 72.8 Å². The van der Waals surface area contributed by atoms with Crippen LogP contribution in [0.1, 0.15) is 43.2 Å². The zero-order valence-corrected chi connectivity index (χ0v) is 34.1. The predicted molar refractivity (Wildman–Crippen MR) is 243 cm³/mol. The summed E-state index contributed by atoms with van der Waals surface area (Å²) < 4.78 is 2.65. The second-order valence-electron chi connectivity index (χ2n) is 17.4. The minimum atomic E-state index is 0.205. The minimum absolute atomic E-state index is 0.205. The monoisotopic (exact) mass is 773 g/mol. The first-order chi connectivity index (χ1) is 28.0. The lowest BCUT2D eigenvalue weighted by molar-refractivity contribution is -0.0399. The first-order valence-electron chi connectivity index (χ1n) is 20.7. The van der Waals surface area contributed by atoms with E-state index in [-0.39, 0.29) is 16.3 Å². The van der Waals surface area contributed by atoms with Crippen LogP contribution in [0.3, 0.4) is 0 Å². The number of pyridine rings is 1. The molecule has 2 nitrogen and oxygen atoms in total. The average Bonchev–Trinajstić information content (AvgIpc) is 3.76. The second kappa shape index (κ2) is 12.9. The molecular formula is C53H45N2S2+. The largest absolute Gasteiger partial charge is 0.310 e. The van der Waals surface area contributed by atoms with E-state index in [2.05, 4.69) is 156 Å². The Morgan fingerprint density at radius 3 is 1.86 bits per heavy atom. The van der Waals surface area contributed by atoms with Crippen LogP contribution in [0, 0.1) is 23.7 Å². The Bertz CT molecular complexity index is 2810. The van der Waals surface area contributed by atoms with Crippen LogP contribution < -0.4 is 4.90 Å². The van der Waals surface area contributed by atoms with Gasteiger partial charge in [0.2, 0.25) is 0 Å². The van der Waals surface area contributed by atoms with E-state index in [9.17, 15) is 0 Å². The summed E-state index contributed by atoms with van der Waals surface area (Å²) in [5.41, 5.74) is 14.7. The number of aromatic nitrogens is 1. The molecule has 13 rings (SSSR count). The molecule has 0 N–H and O–H groups in total. The number of fused-ring (bicyclic) bond motifs is 6. The predicted octanol–water partition coefficient (Wildman–Crippen LogP) is 14.2. The number of thiophene rings is 1. The van der Waals surface area contributed by atoms with Crippen LogP contribution in [0.15, 0.2) is 157 Å². The lowest BCUT2D eigenvalue weighted by Gasteiger charge is -2.61. The summed E-state index contributed by atoms with van der Waals surface area (Å²) >= 11 is 1.91. The number of benzene rings is 6. The molecule has 0 radical (unpaired) electrons. The minimum Gasteiger partial charge on any atom is -0.310 e. The van der Waals surface area contributed by atoms with Gasteiger partial charge in [0.1, 0.15) is 12.5 Å². The molecule has 0 aliphatic heterocycles. The molecular weight excluding hydrogens is 729 g/mol. The normalized spacial score (nSPS) is 22.8. The van der Waals surface area contributed by atoms with Gasteiger partial charge in [-0.05, 0) is 162 Å². The molecule has 4 bridgehead atoms. The fraction of sp³-hybridized carbons (Fsp3) is 0.226. The first-order valence-corrected chi connectivity index (χ1v) is 23.6. The SMILES string of the molecule is C[S+](C)c1ccc(N(c2ccc(-c3ccccn3)cc2)c2ccc3c(c2)sc2cc(-c4ccc5c(c4)-c4ccccc4C54C5CC6CC(C5)CC4C6)ccc23)cc1. The van der Waals surface area contributed by atoms with Crippen molar-refractivity contribution < 1.29 is 0 Å². The molecule has 6 aromatic carbocycles. The Hall–Kier alpha value is -5.16. The van der Waals surface area contributed by atoms with Crippen LogP contribution >= 0.6 is 11.3 Å². The Balaban J connectivity index is 0.925. The van der Waals surface area contributed by atoms with Gasteiger partial charge in [0.05, 0.1) is 5.69 Å². The van der Waals surface area contributed by atoms with E-state index in [1.165, 1.54) is 79.4 Å². The Morgan fingerprint density at radius 1 is 0.544 bits per heavy atom. The van der Waals surface area contributed by atoms with Crippen molar-refractivity contribution in [2.75, 3.05) is 17.4 Å². The molecule has 8 aromatic rings. The van der Waals surface area contributed by atoms with Gasteiger partial charge in [0.25, 0.3) is 0 Å². The Kier molecular flexibility index (Phi) is 7.70. The number of anilines is 3. The van der Waals surface area contributed by atoms with E-state index >= 15 is 0 Å². The van der Waals surface area contributed by atoms with E-state index in [4.69, 9.17) is 0 Å². The molecule has 2 heterocycles. The lowest BCUT2D eigenvalue weighted by Crippen LogP contribution is -2.55. The zero-order chi connectivity index (χ0) is 37.8. The van der Waals surface area contributed by atoms with Gasteiger partial charge in [-0.2, -0.15) is 0 Å². The summed E-state index contributed by atoms with van der Waals surface area (Å²) in [6.45, 7) is 0. The van der Waals surface area contributed by atoms with Crippen LogP contribution in [0.5, 0.6) is 0 Å². The van der Waals surface area contributed by atoms with Crippen molar-refractivity contribution in [1.82, 2.24) is 4.98 Å². The zero-order valence-electron chi connectivity index (χ0n) is 32.5. The molecule has 0 amide bonds. The molecule has 4 heteroatoms. The number of hydrogen-bond donors (Lipinski definition) is 0. The smallest absolute Gasteiger partial charge is 0.154 e. The highest BCUT2D eigenvalue weighted by Crippen LogP contribution is 2.69. The third-order valence-corrected chi connectivity index (χ3v) is 16.6. The maximum atomic E-state index is 4.59. The van der Waals surface area contributed by atoms with E-state index < -0.39 is 0 Å². The molecule has 5 aliphatic rings. The molecule has 0 unspecified atom stereocenters. The molecule has 0 saturated heterocycles. The summed E-state index contributed by atoms with van der Waals surface area (Å²) in [4.78, 5) is 8.36. The summed E-state index contributed by atoms with van der Waals surface area (Å²) in [6, 6.07) is 55.3. The van der Waals surface area contributed by atoms with Crippen molar-refractivity contribution >= 4 is 59.5 Å².